The van der Waals surface area contributed by atoms with Crippen LogP contribution in [0.15, 0.2) is 18.2 Å². The second-order valence-electron chi connectivity index (χ2n) is 4.61. The van der Waals surface area contributed by atoms with Crippen molar-refractivity contribution in [2.75, 3.05) is 13.2 Å². The molecule has 1 amide bonds. The molecule has 6 heteroatoms. The van der Waals surface area contributed by atoms with Gasteiger partial charge in [-0.2, -0.15) is 0 Å². The summed E-state index contributed by atoms with van der Waals surface area (Å²) in [5.41, 5.74) is 0.665. The Kier molecular flexibility index (Phi) is 5.44. The smallest absolute Gasteiger partial charge is 0.282 e. The molecule has 2 N–H and O–H groups in total. The predicted octanol–water partition coefficient (Wildman–Crippen LogP) is 1.65. The number of hydrogen-bond donors (Lipinski definition) is 2. The molecule has 0 radical (unpaired) electrons. The molecular formula is C13H18N2O4. The van der Waals surface area contributed by atoms with E-state index in [2.05, 4.69) is 5.32 Å². The van der Waals surface area contributed by atoms with Crippen LogP contribution in [-0.4, -0.2) is 29.1 Å². The molecule has 6 nitrogen and oxygen atoms in total. The van der Waals surface area contributed by atoms with Gasteiger partial charge in [-0.15, -0.1) is 0 Å². The lowest BCUT2D eigenvalue weighted by molar-refractivity contribution is -0.385. The van der Waals surface area contributed by atoms with E-state index < -0.39 is 10.8 Å². The first-order chi connectivity index (χ1) is 8.95. The Morgan fingerprint density at radius 3 is 2.79 bits per heavy atom. The number of hydrogen-bond acceptors (Lipinski definition) is 4. The van der Waals surface area contributed by atoms with Crippen molar-refractivity contribution in [2.24, 2.45) is 5.92 Å². The molecule has 0 aromatic heterocycles. The lowest BCUT2D eigenvalue weighted by atomic mass is 10.1. The van der Waals surface area contributed by atoms with Crippen molar-refractivity contribution >= 4 is 11.6 Å². The van der Waals surface area contributed by atoms with Gasteiger partial charge in [0.15, 0.2) is 0 Å². The van der Waals surface area contributed by atoms with Gasteiger partial charge in [0.2, 0.25) is 0 Å². The van der Waals surface area contributed by atoms with Crippen molar-refractivity contribution in [2.45, 2.75) is 20.3 Å². The van der Waals surface area contributed by atoms with Crippen LogP contribution in [0.1, 0.15) is 29.3 Å². The number of rotatable bonds is 6. The van der Waals surface area contributed by atoms with Crippen LogP contribution in [0.4, 0.5) is 5.69 Å². The zero-order valence-electron chi connectivity index (χ0n) is 11.0. The monoisotopic (exact) mass is 266 g/mol. The number of carbonyl (C=O) groups excluding carboxylic acids is 1. The maximum absolute atomic E-state index is 12.0. The van der Waals surface area contributed by atoms with E-state index in [9.17, 15) is 14.9 Å². The highest BCUT2D eigenvalue weighted by atomic mass is 16.6. The molecule has 1 rings (SSSR count). The third kappa shape index (κ3) is 4.33. The van der Waals surface area contributed by atoms with Crippen molar-refractivity contribution in [3.05, 3.63) is 39.4 Å². The number of aryl methyl sites for hydroxylation is 1. The molecular weight excluding hydrogens is 248 g/mol. The van der Waals surface area contributed by atoms with Crippen LogP contribution in [0.25, 0.3) is 0 Å². The summed E-state index contributed by atoms with van der Waals surface area (Å²) in [6, 6.07) is 4.44. The van der Waals surface area contributed by atoms with Crippen LogP contribution < -0.4 is 5.32 Å². The summed E-state index contributed by atoms with van der Waals surface area (Å²) in [6.07, 6.45) is 0.580. The van der Waals surface area contributed by atoms with Gasteiger partial charge in [-0.05, 0) is 30.9 Å². The lowest BCUT2D eigenvalue weighted by Crippen LogP contribution is -2.29. The minimum absolute atomic E-state index is 0.0572. The highest BCUT2D eigenvalue weighted by molar-refractivity contribution is 5.98. The topological polar surface area (TPSA) is 92.5 Å². The number of nitrogens with zero attached hydrogens (tertiary/aromatic N) is 1. The fourth-order valence-electron chi connectivity index (χ4n) is 1.68. The van der Waals surface area contributed by atoms with Gasteiger partial charge in [0, 0.05) is 19.2 Å². The van der Waals surface area contributed by atoms with Crippen molar-refractivity contribution in [1.82, 2.24) is 5.32 Å². The highest BCUT2D eigenvalue weighted by Crippen LogP contribution is 2.19. The zero-order valence-corrected chi connectivity index (χ0v) is 11.0. The van der Waals surface area contributed by atoms with Crippen LogP contribution >= 0.6 is 0 Å². The quantitative estimate of drug-likeness (QED) is 0.605. The van der Waals surface area contributed by atoms with E-state index in [1.807, 2.05) is 6.92 Å². The number of benzene rings is 1. The van der Waals surface area contributed by atoms with Gasteiger partial charge in [-0.3, -0.25) is 14.9 Å². The number of carbonyl (C=O) groups is 1. The molecule has 1 aromatic carbocycles. The van der Waals surface area contributed by atoms with Gasteiger partial charge < -0.3 is 10.4 Å². The third-order valence-electron chi connectivity index (χ3n) is 2.83. The zero-order chi connectivity index (χ0) is 14.4. The minimum Gasteiger partial charge on any atom is -0.396 e. The van der Waals surface area contributed by atoms with Crippen LogP contribution in [0, 0.1) is 23.0 Å². The first-order valence-corrected chi connectivity index (χ1v) is 6.09. The van der Waals surface area contributed by atoms with Crippen LogP contribution in [0.5, 0.6) is 0 Å². The minimum atomic E-state index is -0.564. The normalized spacial score (nSPS) is 11.9. The Morgan fingerprint density at radius 1 is 1.53 bits per heavy atom. The molecule has 1 aromatic rings. The van der Waals surface area contributed by atoms with Crippen LogP contribution in [0.3, 0.4) is 0 Å². The van der Waals surface area contributed by atoms with E-state index in [-0.39, 0.29) is 23.8 Å². The van der Waals surface area contributed by atoms with Crippen molar-refractivity contribution < 1.29 is 14.8 Å². The van der Waals surface area contributed by atoms with Gasteiger partial charge in [0.25, 0.3) is 11.6 Å². The summed E-state index contributed by atoms with van der Waals surface area (Å²) in [6.45, 7) is 4.10. The molecule has 0 spiro atoms. The fourth-order valence-corrected chi connectivity index (χ4v) is 1.68. The molecule has 104 valence electrons. The number of nitro groups is 1. The highest BCUT2D eigenvalue weighted by Gasteiger charge is 2.20. The number of amides is 1. The van der Waals surface area contributed by atoms with E-state index in [4.69, 9.17) is 5.11 Å². The standard InChI is InChI=1S/C13H18N2O4/c1-9-3-4-12(15(18)19)11(7-9)13(17)14-8-10(2)5-6-16/h3-4,7,10,16H,5-6,8H2,1-2H3,(H,14,17). The first-order valence-electron chi connectivity index (χ1n) is 6.09. The molecule has 0 aliphatic carbocycles. The summed E-state index contributed by atoms with van der Waals surface area (Å²) >= 11 is 0. The number of aliphatic hydroxyl groups excluding tert-OH is 1. The van der Waals surface area contributed by atoms with Crippen LogP contribution in [-0.2, 0) is 0 Å². The molecule has 0 aliphatic rings. The Bertz CT molecular complexity index is 474. The van der Waals surface area contributed by atoms with Crippen LogP contribution in [0.2, 0.25) is 0 Å². The Labute approximate surface area is 111 Å². The maximum atomic E-state index is 12.0. The van der Waals surface area contributed by atoms with E-state index >= 15 is 0 Å². The van der Waals surface area contributed by atoms with Crippen molar-refractivity contribution in [3.63, 3.8) is 0 Å². The second-order valence-corrected chi connectivity index (χ2v) is 4.61. The van der Waals surface area contributed by atoms with Crippen molar-refractivity contribution in [3.8, 4) is 0 Å². The molecule has 0 saturated heterocycles. The fraction of sp³-hybridized carbons (Fsp3) is 0.462. The third-order valence-corrected chi connectivity index (χ3v) is 2.83. The van der Waals surface area contributed by atoms with Gasteiger partial charge >= 0.3 is 0 Å². The number of nitrogens with one attached hydrogen (secondary N) is 1. The van der Waals surface area contributed by atoms with E-state index in [0.29, 0.717) is 13.0 Å². The van der Waals surface area contributed by atoms with Crippen molar-refractivity contribution in [1.29, 1.82) is 0 Å². The molecule has 0 aliphatic heterocycles. The molecule has 0 saturated carbocycles. The van der Waals surface area contributed by atoms with Gasteiger partial charge in [-0.25, -0.2) is 0 Å². The summed E-state index contributed by atoms with van der Waals surface area (Å²) in [4.78, 5) is 22.3. The average molecular weight is 266 g/mol. The SMILES string of the molecule is Cc1ccc([N+](=O)[O-])c(C(=O)NCC(C)CCO)c1. The molecule has 0 fully saturated rings. The summed E-state index contributed by atoms with van der Waals surface area (Å²) < 4.78 is 0. The maximum Gasteiger partial charge on any atom is 0.282 e. The molecule has 0 bridgehead atoms. The molecule has 1 unspecified atom stereocenters. The van der Waals surface area contributed by atoms with Gasteiger partial charge in [0.1, 0.15) is 5.56 Å². The summed E-state index contributed by atoms with van der Waals surface area (Å²) in [5, 5.41) is 22.3. The molecule has 0 heterocycles. The van der Waals surface area contributed by atoms with E-state index in [1.54, 1.807) is 13.0 Å². The summed E-state index contributed by atoms with van der Waals surface area (Å²) in [5.74, 6) is -0.335. The Balaban J connectivity index is 2.81. The van der Waals surface area contributed by atoms with Gasteiger partial charge in [0.05, 0.1) is 4.92 Å². The number of nitro benzene ring substituents is 1. The lowest BCUT2D eigenvalue weighted by Gasteiger charge is -2.11. The summed E-state index contributed by atoms with van der Waals surface area (Å²) in [7, 11) is 0. The molecule has 19 heavy (non-hydrogen) atoms. The Morgan fingerprint density at radius 2 is 2.21 bits per heavy atom. The second kappa shape index (κ2) is 6.84. The number of aliphatic hydroxyl groups is 1. The first kappa shape index (κ1) is 15.1. The predicted molar refractivity (Wildman–Crippen MR) is 71.0 cm³/mol. The molecule has 1 atom stereocenters. The Hall–Kier alpha value is -1.95. The van der Waals surface area contributed by atoms with E-state index in [1.165, 1.54) is 12.1 Å². The average Bonchev–Trinajstić information content (AvgIpc) is 2.35. The van der Waals surface area contributed by atoms with E-state index in [0.717, 1.165) is 5.56 Å². The largest absolute Gasteiger partial charge is 0.396 e. The van der Waals surface area contributed by atoms with Gasteiger partial charge in [-0.1, -0.05) is 13.0 Å².